The summed E-state index contributed by atoms with van der Waals surface area (Å²) in [6, 6.07) is 15.5. The van der Waals surface area contributed by atoms with E-state index in [0.717, 1.165) is 6.07 Å². The average Bonchev–Trinajstić information content (AvgIpc) is 2.73. The quantitative estimate of drug-likeness (QED) is 0.494. The highest BCUT2D eigenvalue weighted by Gasteiger charge is 2.34. The Kier molecular flexibility index (Phi) is 6.68. The van der Waals surface area contributed by atoms with E-state index in [1.807, 2.05) is 0 Å². The molecule has 0 radical (unpaired) electrons. The van der Waals surface area contributed by atoms with Crippen LogP contribution in [-0.4, -0.2) is 20.9 Å². The average molecular weight is 468 g/mol. The zero-order valence-corrected chi connectivity index (χ0v) is 17.0. The van der Waals surface area contributed by atoms with Crippen LogP contribution in [0.1, 0.15) is 5.56 Å². The molecule has 1 amide bonds. The molecule has 3 aromatic rings. The third-order valence-corrected chi connectivity index (χ3v) is 5.48. The Morgan fingerprint density at radius 2 is 1.56 bits per heavy atom. The maximum Gasteiger partial charge on any atom is 0.419 e. The molecule has 0 heterocycles. The first-order valence-corrected chi connectivity index (χ1v) is 10.5. The minimum absolute atomic E-state index is 0.0378. The highest BCUT2D eigenvalue weighted by molar-refractivity contribution is 7.92. The number of hydrogen-bond donors (Lipinski definition) is 2. The highest BCUT2D eigenvalue weighted by Crippen LogP contribution is 2.33. The molecule has 0 saturated carbocycles. The highest BCUT2D eigenvalue weighted by atomic mass is 32.2. The fourth-order valence-electron chi connectivity index (χ4n) is 2.60. The number of anilines is 2. The molecule has 6 nitrogen and oxygen atoms in total. The minimum atomic E-state index is -4.90. The van der Waals surface area contributed by atoms with Gasteiger partial charge in [0.1, 0.15) is 11.6 Å². The molecule has 3 aromatic carbocycles. The molecule has 0 fully saturated rings. The lowest BCUT2D eigenvalue weighted by Crippen LogP contribution is -2.21. The van der Waals surface area contributed by atoms with E-state index in [2.05, 4.69) is 10.0 Å². The number of carbonyl (C=O) groups excluding carboxylic acids is 1. The topological polar surface area (TPSA) is 84.5 Å². The van der Waals surface area contributed by atoms with E-state index in [1.165, 1.54) is 24.3 Å². The Bertz CT molecular complexity index is 1200. The number of hydrogen-bond acceptors (Lipinski definition) is 4. The van der Waals surface area contributed by atoms with Gasteiger partial charge in [0.25, 0.3) is 15.9 Å². The van der Waals surface area contributed by atoms with Crippen LogP contribution in [0.5, 0.6) is 5.75 Å². The van der Waals surface area contributed by atoms with Gasteiger partial charge in [-0.25, -0.2) is 12.8 Å². The molecule has 3 rings (SSSR count). The van der Waals surface area contributed by atoms with Crippen LogP contribution in [0.15, 0.2) is 77.7 Å². The van der Waals surface area contributed by atoms with Crippen LogP contribution in [0.3, 0.4) is 0 Å². The van der Waals surface area contributed by atoms with Crippen LogP contribution in [0.25, 0.3) is 0 Å². The maximum absolute atomic E-state index is 13.3. The second-order valence-corrected chi connectivity index (χ2v) is 8.15. The van der Waals surface area contributed by atoms with Gasteiger partial charge < -0.3 is 10.1 Å². The summed E-state index contributed by atoms with van der Waals surface area (Å²) in [4.78, 5) is 11.9. The van der Waals surface area contributed by atoms with Gasteiger partial charge in [-0.1, -0.05) is 18.2 Å². The molecule has 0 aliphatic carbocycles. The molecule has 0 unspecified atom stereocenters. The molecular weight excluding hydrogens is 452 g/mol. The number of ether oxygens (including phenoxy) is 1. The molecule has 0 bridgehead atoms. The van der Waals surface area contributed by atoms with Crippen molar-refractivity contribution in [1.29, 1.82) is 0 Å². The van der Waals surface area contributed by atoms with E-state index in [-0.39, 0.29) is 16.3 Å². The van der Waals surface area contributed by atoms with Crippen LogP contribution in [0.4, 0.5) is 28.9 Å². The Labute approximate surface area is 180 Å². The summed E-state index contributed by atoms with van der Waals surface area (Å²) in [5, 5.41) is 2.18. The molecular formula is C21H16F4N2O4S. The van der Waals surface area contributed by atoms with Gasteiger partial charge in [-0.15, -0.1) is 0 Å². The van der Waals surface area contributed by atoms with Crippen LogP contribution in [0.2, 0.25) is 0 Å². The second kappa shape index (κ2) is 9.27. The van der Waals surface area contributed by atoms with Crippen molar-refractivity contribution in [3.8, 4) is 5.75 Å². The molecule has 168 valence electrons. The van der Waals surface area contributed by atoms with Crippen molar-refractivity contribution in [2.24, 2.45) is 0 Å². The SMILES string of the molecule is O=C(COc1ccc(S(=O)(=O)Nc2ccccc2)cc1)Nc1ccc(F)c(C(F)(F)F)c1. The van der Waals surface area contributed by atoms with Crippen molar-refractivity contribution < 1.29 is 35.5 Å². The molecule has 2 N–H and O–H groups in total. The van der Waals surface area contributed by atoms with Crippen molar-refractivity contribution >= 4 is 27.3 Å². The lowest BCUT2D eigenvalue weighted by atomic mass is 10.2. The number of benzene rings is 3. The lowest BCUT2D eigenvalue weighted by Gasteiger charge is -2.12. The van der Waals surface area contributed by atoms with E-state index in [1.54, 1.807) is 30.3 Å². The Morgan fingerprint density at radius 3 is 2.19 bits per heavy atom. The first kappa shape index (κ1) is 23.1. The zero-order chi connectivity index (χ0) is 23.4. The molecule has 0 spiro atoms. The fraction of sp³-hybridized carbons (Fsp3) is 0.0952. The largest absolute Gasteiger partial charge is 0.484 e. The van der Waals surface area contributed by atoms with Gasteiger partial charge in [0, 0.05) is 11.4 Å². The van der Waals surface area contributed by atoms with Crippen molar-refractivity contribution in [2.75, 3.05) is 16.6 Å². The van der Waals surface area contributed by atoms with Crippen molar-refractivity contribution in [2.45, 2.75) is 11.1 Å². The van der Waals surface area contributed by atoms with Gasteiger partial charge in [0.05, 0.1) is 10.5 Å². The summed E-state index contributed by atoms with van der Waals surface area (Å²) in [5.41, 5.74) is -1.36. The smallest absolute Gasteiger partial charge is 0.419 e. The zero-order valence-electron chi connectivity index (χ0n) is 16.2. The second-order valence-electron chi connectivity index (χ2n) is 6.47. The van der Waals surface area contributed by atoms with Gasteiger partial charge in [-0.05, 0) is 54.6 Å². The van der Waals surface area contributed by atoms with E-state index in [9.17, 15) is 30.8 Å². The van der Waals surface area contributed by atoms with E-state index in [0.29, 0.717) is 17.8 Å². The van der Waals surface area contributed by atoms with Crippen LogP contribution in [0, 0.1) is 5.82 Å². The van der Waals surface area contributed by atoms with Gasteiger partial charge in [0.2, 0.25) is 0 Å². The lowest BCUT2D eigenvalue weighted by molar-refractivity contribution is -0.140. The molecule has 0 aromatic heterocycles. The number of rotatable bonds is 7. The molecule has 0 aliphatic rings. The van der Waals surface area contributed by atoms with Gasteiger partial charge in [-0.3, -0.25) is 9.52 Å². The Hall–Kier alpha value is -3.60. The molecule has 0 atom stereocenters. The molecule has 0 aliphatic heterocycles. The Balaban J connectivity index is 1.59. The van der Waals surface area contributed by atoms with Crippen LogP contribution >= 0.6 is 0 Å². The number of para-hydroxylation sites is 1. The Morgan fingerprint density at radius 1 is 0.906 bits per heavy atom. The van der Waals surface area contributed by atoms with Crippen molar-refractivity contribution in [3.63, 3.8) is 0 Å². The summed E-state index contributed by atoms with van der Waals surface area (Å²) in [6.45, 7) is -0.562. The van der Waals surface area contributed by atoms with Gasteiger partial charge in [-0.2, -0.15) is 13.2 Å². The first-order valence-electron chi connectivity index (χ1n) is 9.02. The molecule has 0 saturated heterocycles. The third-order valence-electron chi connectivity index (χ3n) is 4.09. The maximum atomic E-state index is 13.3. The number of carbonyl (C=O) groups is 1. The third kappa shape index (κ3) is 5.97. The van der Waals surface area contributed by atoms with Crippen LogP contribution < -0.4 is 14.8 Å². The number of nitrogens with one attached hydrogen (secondary N) is 2. The van der Waals surface area contributed by atoms with Gasteiger partial charge >= 0.3 is 6.18 Å². The first-order chi connectivity index (χ1) is 15.0. The minimum Gasteiger partial charge on any atom is -0.484 e. The number of sulfonamides is 1. The van der Waals surface area contributed by atoms with E-state index >= 15 is 0 Å². The predicted molar refractivity (Wildman–Crippen MR) is 109 cm³/mol. The van der Waals surface area contributed by atoms with E-state index in [4.69, 9.17) is 4.74 Å². The molecule has 32 heavy (non-hydrogen) atoms. The fourth-order valence-corrected chi connectivity index (χ4v) is 3.66. The van der Waals surface area contributed by atoms with Gasteiger partial charge in [0.15, 0.2) is 6.61 Å². The standard InChI is InChI=1S/C21H16F4N2O4S/c22-19-11-6-15(12-18(19)21(23,24)25)26-20(28)13-31-16-7-9-17(10-8-16)32(29,30)27-14-4-2-1-3-5-14/h1-12,27H,13H2,(H,26,28). The molecule has 11 heteroatoms. The monoisotopic (exact) mass is 468 g/mol. The summed E-state index contributed by atoms with van der Waals surface area (Å²) < 4.78 is 84.0. The summed E-state index contributed by atoms with van der Waals surface area (Å²) >= 11 is 0. The summed E-state index contributed by atoms with van der Waals surface area (Å²) in [6.07, 6.45) is -4.90. The van der Waals surface area contributed by atoms with Crippen molar-refractivity contribution in [3.05, 3.63) is 84.2 Å². The number of halogens is 4. The van der Waals surface area contributed by atoms with Crippen molar-refractivity contribution in [1.82, 2.24) is 0 Å². The van der Waals surface area contributed by atoms with Crippen LogP contribution in [-0.2, 0) is 21.0 Å². The predicted octanol–water partition coefficient (Wildman–Crippen LogP) is 4.66. The summed E-state index contributed by atoms with van der Waals surface area (Å²) in [7, 11) is -3.83. The number of alkyl halides is 3. The normalized spacial score (nSPS) is 11.6. The van der Waals surface area contributed by atoms with E-state index < -0.39 is 40.1 Å². The number of amides is 1. The summed E-state index contributed by atoms with van der Waals surface area (Å²) in [5.74, 6) is -2.08.